The van der Waals surface area contributed by atoms with Crippen LogP contribution in [0, 0.1) is 5.92 Å². The smallest absolute Gasteiger partial charge is 0.300 e. The second-order valence-electron chi connectivity index (χ2n) is 3.69. The molecule has 13 heavy (non-hydrogen) atoms. The van der Waals surface area contributed by atoms with Gasteiger partial charge in [0.25, 0.3) is 0 Å². The highest BCUT2D eigenvalue weighted by Crippen LogP contribution is 2.14. The molecule has 1 heterocycles. The molecule has 1 aliphatic heterocycles. The van der Waals surface area contributed by atoms with Crippen molar-refractivity contribution in [3.63, 3.8) is 0 Å². The first-order chi connectivity index (χ1) is 6.02. The van der Waals surface area contributed by atoms with E-state index < -0.39 is 0 Å². The Morgan fingerprint density at radius 2 is 2.15 bits per heavy atom. The van der Waals surface area contributed by atoms with Gasteiger partial charge in [0, 0.05) is 25.5 Å². The molecular formula is C10H16N2O. The van der Waals surface area contributed by atoms with Crippen LogP contribution in [0.2, 0.25) is 0 Å². The number of hydrogen-bond donors (Lipinski definition) is 0. The molecule has 0 atom stereocenters. The fourth-order valence-corrected chi connectivity index (χ4v) is 1.20. The highest BCUT2D eigenvalue weighted by Gasteiger charge is 2.21. The van der Waals surface area contributed by atoms with E-state index in [1.807, 2.05) is 6.08 Å². The van der Waals surface area contributed by atoms with Gasteiger partial charge in [0.15, 0.2) is 0 Å². The Hall–Kier alpha value is -1.25. The van der Waals surface area contributed by atoms with Gasteiger partial charge in [-0.2, -0.15) is 0 Å². The average Bonchev–Trinajstić information content (AvgIpc) is 2.06. The molecule has 0 aromatic heterocycles. The first-order valence-electron chi connectivity index (χ1n) is 4.44. The summed E-state index contributed by atoms with van der Waals surface area (Å²) in [6.45, 7) is 8.68. The Kier molecular flexibility index (Phi) is 2.76. The van der Waals surface area contributed by atoms with Gasteiger partial charge >= 0.3 is 6.03 Å². The van der Waals surface area contributed by atoms with Crippen LogP contribution in [0.25, 0.3) is 0 Å². The minimum Gasteiger partial charge on any atom is -0.300 e. The third-order valence-corrected chi connectivity index (χ3v) is 1.97. The maximum Gasteiger partial charge on any atom is 0.328 e. The second-order valence-corrected chi connectivity index (χ2v) is 3.69. The SMILES string of the molecule is C=C1C=CN(CC(C)C)C(=O)N1C. The number of nitrogens with zero attached hydrogens (tertiary/aromatic N) is 2. The molecule has 3 nitrogen and oxygen atoms in total. The van der Waals surface area contributed by atoms with E-state index in [9.17, 15) is 4.79 Å². The van der Waals surface area contributed by atoms with Crippen LogP contribution >= 0.6 is 0 Å². The van der Waals surface area contributed by atoms with Gasteiger partial charge < -0.3 is 4.90 Å². The van der Waals surface area contributed by atoms with E-state index >= 15 is 0 Å². The normalized spacial score (nSPS) is 17.5. The van der Waals surface area contributed by atoms with Gasteiger partial charge in [-0.3, -0.25) is 4.90 Å². The number of amides is 2. The van der Waals surface area contributed by atoms with Crippen molar-refractivity contribution in [2.75, 3.05) is 13.6 Å². The summed E-state index contributed by atoms with van der Waals surface area (Å²) in [5.74, 6) is 0.480. The third kappa shape index (κ3) is 2.11. The number of urea groups is 1. The van der Waals surface area contributed by atoms with E-state index in [1.54, 1.807) is 23.0 Å². The lowest BCUT2D eigenvalue weighted by Crippen LogP contribution is -2.41. The maximum atomic E-state index is 11.6. The van der Waals surface area contributed by atoms with Crippen molar-refractivity contribution in [3.8, 4) is 0 Å². The molecule has 0 radical (unpaired) electrons. The van der Waals surface area contributed by atoms with Crippen LogP contribution in [-0.2, 0) is 0 Å². The van der Waals surface area contributed by atoms with Gasteiger partial charge in [0.1, 0.15) is 0 Å². The van der Waals surface area contributed by atoms with Crippen molar-refractivity contribution in [2.24, 2.45) is 5.92 Å². The predicted octanol–water partition coefficient (Wildman–Crippen LogP) is 2.04. The summed E-state index contributed by atoms with van der Waals surface area (Å²) in [4.78, 5) is 14.9. The van der Waals surface area contributed by atoms with Crippen molar-refractivity contribution < 1.29 is 4.79 Å². The van der Waals surface area contributed by atoms with Gasteiger partial charge in [0.2, 0.25) is 0 Å². The molecule has 0 N–H and O–H groups in total. The number of carbonyl (C=O) groups is 1. The van der Waals surface area contributed by atoms with Gasteiger partial charge in [0.05, 0.1) is 0 Å². The fraction of sp³-hybridized carbons (Fsp3) is 0.500. The van der Waals surface area contributed by atoms with Gasteiger partial charge in [-0.05, 0) is 12.0 Å². The summed E-state index contributed by atoms with van der Waals surface area (Å²) in [5.41, 5.74) is 0.741. The van der Waals surface area contributed by atoms with Crippen molar-refractivity contribution >= 4 is 6.03 Å². The average molecular weight is 180 g/mol. The Balaban J connectivity index is 2.73. The molecule has 2 amide bonds. The van der Waals surface area contributed by atoms with E-state index in [4.69, 9.17) is 0 Å². The zero-order valence-electron chi connectivity index (χ0n) is 8.45. The lowest BCUT2D eigenvalue weighted by Gasteiger charge is -2.30. The van der Waals surface area contributed by atoms with E-state index in [0.29, 0.717) is 5.92 Å². The summed E-state index contributed by atoms with van der Waals surface area (Å²) in [6.07, 6.45) is 3.65. The summed E-state index contributed by atoms with van der Waals surface area (Å²) in [5, 5.41) is 0. The Labute approximate surface area is 79.3 Å². The number of rotatable bonds is 2. The fourth-order valence-electron chi connectivity index (χ4n) is 1.20. The number of hydrogen-bond acceptors (Lipinski definition) is 1. The standard InChI is InChI=1S/C10H16N2O/c1-8(2)7-12-6-5-9(3)11(4)10(12)13/h5-6,8H,3,7H2,1-2,4H3. The van der Waals surface area contributed by atoms with Crippen molar-refractivity contribution in [1.82, 2.24) is 9.80 Å². The van der Waals surface area contributed by atoms with Gasteiger partial charge in [-0.1, -0.05) is 20.4 Å². The van der Waals surface area contributed by atoms with Crippen molar-refractivity contribution in [2.45, 2.75) is 13.8 Å². The van der Waals surface area contributed by atoms with E-state index in [-0.39, 0.29) is 6.03 Å². The Bertz CT molecular complexity index is 256. The van der Waals surface area contributed by atoms with Crippen LogP contribution in [0.5, 0.6) is 0 Å². The van der Waals surface area contributed by atoms with Crippen LogP contribution < -0.4 is 0 Å². The monoisotopic (exact) mass is 180 g/mol. The molecule has 1 rings (SSSR count). The molecule has 0 fully saturated rings. The van der Waals surface area contributed by atoms with Crippen LogP contribution in [0.15, 0.2) is 24.6 Å². The minimum atomic E-state index is 0.00111. The zero-order valence-corrected chi connectivity index (χ0v) is 8.45. The molecule has 72 valence electrons. The molecule has 0 aromatic carbocycles. The lowest BCUT2D eigenvalue weighted by atomic mass is 10.2. The molecule has 0 bridgehead atoms. The van der Waals surface area contributed by atoms with E-state index in [2.05, 4.69) is 20.4 Å². The molecule has 1 aliphatic rings. The zero-order chi connectivity index (χ0) is 10.0. The number of carbonyl (C=O) groups excluding carboxylic acids is 1. The van der Waals surface area contributed by atoms with Crippen molar-refractivity contribution in [3.05, 3.63) is 24.6 Å². The largest absolute Gasteiger partial charge is 0.328 e. The van der Waals surface area contributed by atoms with E-state index in [1.165, 1.54) is 0 Å². The number of likely N-dealkylation sites (N-methyl/N-ethyl adjacent to an activating group) is 1. The van der Waals surface area contributed by atoms with Crippen molar-refractivity contribution in [1.29, 1.82) is 0 Å². The van der Waals surface area contributed by atoms with Crippen LogP contribution in [-0.4, -0.2) is 29.4 Å². The molecule has 0 aromatic rings. The first kappa shape index (κ1) is 9.84. The molecule has 0 saturated heterocycles. The summed E-state index contributed by atoms with van der Waals surface area (Å²) >= 11 is 0. The molecule has 0 unspecified atom stereocenters. The number of allylic oxidation sites excluding steroid dienone is 1. The highest BCUT2D eigenvalue weighted by molar-refractivity contribution is 5.79. The first-order valence-corrected chi connectivity index (χ1v) is 4.44. The summed E-state index contributed by atoms with van der Waals surface area (Å²) in [6, 6.07) is 0.00111. The predicted molar refractivity (Wildman–Crippen MR) is 53.0 cm³/mol. The van der Waals surface area contributed by atoms with Gasteiger partial charge in [-0.15, -0.1) is 0 Å². The Morgan fingerprint density at radius 3 is 2.69 bits per heavy atom. The molecule has 0 spiro atoms. The molecule has 0 saturated carbocycles. The minimum absolute atomic E-state index is 0.00111. The third-order valence-electron chi connectivity index (χ3n) is 1.97. The summed E-state index contributed by atoms with van der Waals surface area (Å²) in [7, 11) is 1.74. The second kappa shape index (κ2) is 3.64. The maximum absolute atomic E-state index is 11.6. The molecular weight excluding hydrogens is 164 g/mol. The van der Waals surface area contributed by atoms with Gasteiger partial charge in [-0.25, -0.2) is 4.79 Å². The lowest BCUT2D eigenvalue weighted by molar-refractivity contribution is 0.183. The topological polar surface area (TPSA) is 23.6 Å². The summed E-state index contributed by atoms with van der Waals surface area (Å²) < 4.78 is 0. The highest BCUT2D eigenvalue weighted by atomic mass is 16.2. The Morgan fingerprint density at radius 1 is 1.54 bits per heavy atom. The van der Waals surface area contributed by atoms with Crippen LogP contribution in [0.4, 0.5) is 4.79 Å². The van der Waals surface area contributed by atoms with Crippen LogP contribution in [0.3, 0.4) is 0 Å². The van der Waals surface area contributed by atoms with Crippen LogP contribution in [0.1, 0.15) is 13.8 Å². The quantitative estimate of drug-likeness (QED) is 0.638. The molecule has 3 heteroatoms. The van der Waals surface area contributed by atoms with E-state index in [0.717, 1.165) is 12.2 Å². The molecule has 0 aliphatic carbocycles.